The average Bonchev–Trinajstić information content (AvgIpc) is 3.12. The highest BCUT2D eigenvalue weighted by Crippen LogP contribution is 2.37. The van der Waals surface area contributed by atoms with Crippen LogP contribution in [0.3, 0.4) is 0 Å². The molecule has 1 N–H and O–H groups in total. The number of carbonyl (C=O) groups is 1. The lowest BCUT2D eigenvalue weighted by atomic mass is 10.0. The van der Waals surface area contributed by atoms with Crippen molar-refractivity contribution >= 4 is 11.6 Å². The van der Waals surface area contributed by atoms with Gasteiger partial charge in [0, 0.05) is 11.7 Å². The molecule has 0 aliphatic carbocycles. The van der Waals surface area contributed by atoms with Gasteiger partial charge in [0.15, 0.2) is 11.5 Å². The van der Waals surface area contributed by atoms with E-state index in [9.17, 15) is 4.79 Å². The van der Waals surface area contributed by atoms with Gasteiger partial charge in [0.05, 0.1) is 6.54 Å². The third-order valence-electron chi connectivity index (χ3n) is 5.45. The lowest BCUT2D eigenvalue weighted by molar-refractivity contribution is -0.117. The molecule has 2 aliphatic rings. The molecule has 5 heteroatoms. The Morgan fingerprint density at radius 2 is 1.89 bits per heavy atom. The molecule has 1 saturated heterocycles. The van der Waals surface area contributed by atoms with Crippen LogP contribution in [0, 0.1) is 13.8 Å². The lowest BCUT2D eigenvalue weighted by Gasteiger charge is -2.26. The molecule has 1 atom stereocenters. The van der Waals surface area contributed by atoms with Gasteiger partial charge in [-0.3, -0.25) is 9.69 Å². The monoisotopic (exact) mass is 366 g/mol. The molecule has 0 unspecified atom stereocenters. The van der Waals surface area contributed by atoms with E-state index >= 15 is 0 Å². The first kappa shape index (κ1) is 17.9. The van der Waals surface area contributed by atoms with Crippen molar-refractivity contribution in [2.45, 2.75) is 32.7 Å². The molecule has 142 valence electrons. The molecule has 1 amide bonds. The molecular formula is C22H26N2O3. The van der Waals surface area contributed by atoms with E-state index in [2.05, 4.69) is 36.2 Å². The number of fused-ring (bicyclic) bond motifs is 1. The predicted octanol–water partition coefficient (Wildman–Crippen LogP) is 3.85. The Balaban J connectivity index is 1.43. The molecule has 4 rings (SSSR count). The molecule has 27 heavy (non-hydrogen) atoms. The fourth-order valence-electron chi connectivity index (χ4n) is 3.86. The predicted molar refractivity (Wildman–Crippen MR) is 106 cm³/mol. The van der Waals surface area contributed by atoms with Crippen LogP contribution in [-0.2, 0) is 4.79 Å². The Bertz CT molecular complexity index is 849. The third kappa shape index (κ3) is 3.93. The smallest absolute Gasteiger partial charge is 0.238 e. The van der Waals surface area contributed by atoms with Crippen LogP contribution in [-0.4, -0.2) is 37.1 Å². The van der Waals surface area contributed by atoms with Crippen LogP contribution in [0.4, 0.5) is 5.69 Å². The molecule has 2 heterocycles. The van der Waals surface area contributed by atoms with E-state index in [0.717, 1.165) is 36.6 Å². The number of benzene rings is 2. The Morgan fingerprint density at radius 1 is 1.07 bits per heavy atom. The summed E-state index contributed by atoms with van der Waals surface area (Å²) < 4.78 is 11.3. The minimum absolute atomic E-state index is 0.0303. The summed E-state index contributed by atoms with van der Waals surface area (Å²) in [5, 5.41) is 3.03. The molecule has 0 aromatic heterocycles. The van der Waals surface area contributed by atoms with Gasteiger partial charge in [0.2, 0.25) is 5.91 Å². The maximum Gasteiger partial charge on any atom is 0.238 e. The van der Waals surface area contributed by atoms with E-state index in [1.807, 2.05) is 24.3 Å². The van der Waals surface area contributed by atoms with E-state index in [1.54, 1.807) is 0 Å². The maximum absolute atomic E-state index is 12.6. The van der Waals surface area contributed by atoms with Crippen molar-refractivity contribution in [2.75, 3.05) is 31.6 Å². The van der Waals surface area contributed by atoms with Gasteiger partial charge in [-0.2, -0.15) is 0 Å². The van der Waals surface area contributed by atoms with Gasteiger partial charge in [-0.25, -0.2) is 0 Å². The SMILES string of the molecule is Cc1ccc(NC(=O)CN2CCC[C@@H]2c2ccc3c(c2)OCCO3)cc1C. The van der Waals surface area contributed by atoms with Crippen LogP contribution >= 0.6 is 0 Å². The second-order valence-corrected chi connectivity index (χ2v) is 7.38. The summed E-state index contributed by atoms with van der Waals surface area (Å²) in [5.41, 5.74) is 4.46. The molecule has 0 spiro atoms. The molecule has 5 nitrogen and oxygen atoms in total. The van der Waals surface area contributed by atoms with E-state index in [-0.39, 0.29) is 11.9 Å². The van der Waals surface area contributed by atoms with Gasteiger partial charge >= 0.3 is 0 Å². The Morgan fingerprint density at radius 3 is 2.70 bits per heavy atom. The van der Waals surface area contributed by atoms with Crippen molar-refractivity contribution in [3.63, 3.8) is 0 Å². The van der Waals surface area contributed by atoms with Gasteiger partial charge in [-0.05, 0) is 74.2 Å². The van der Waals surface area contributed by atoms with Crippen molar-refractivity contribution in [2.24, 2.45) is 0 Å². The van der Waals surface area contributed by atoms with Crippen molar-refractivity contribution in [1.29, 1.82) is 0 Å². The van der Waals surface area contributed by atoms with E-state index < -0.39 is 0 Å². The van der Waals surface area contributed by atoms with Crippen molar-refractivity contribution in [3.8, 4) is 11.5 Å². The fourth-order valence-corrected chi connectivity index (χ4v) is 3.86. The Kier molecular flexibility index (Phi) is 5.03. The minimum Gasteiger partial charge on any atom is -0.486 e. The highest BCUT2D eigenvalue weighted by atomic mass is 16.6. The third-order valence-corrected chi connectivity index (χ3v) is 5.45. The van der Waals surface area contributed by atoms with Crippen LogP contribution in [0.5, 0.6) is 11.5 Å². The van der Waals surface area contributed by atoms with Crippen molar-refractivity contribution in [1.82, 2.24) is 4.90 Å². The molecule has 0 bridgehead atoms. The van der Waals surface area contributed by atoms with E-state index in [4.69, 9.17) is 9.47 Å². The Labute approximate surface area is 160 Å². The highest BCUT2D eigenvalue weighted by Gasteiger charge is 2.28. The molecule has 2 aliphatic heterocycles. The van der Waals surface area contributed by atoms with Crippen molar-refractivity contribution < 1.29 is 14.3 Å². The van der Waals surface area contributed by atoms with Gasteiger partial charge in [-0.15, -0.1) is 0 Å². The van der Waals surface area contributed by atoms with Crippen LogP contribution in [0.1, 0.15) is 35.6 Å². The zero-order chi connectivity index (χ0) is 18.8. The van der Waals surface area contributed by atoms with Gasteiger partial charge < -0.3 is 14.8 Å². The van der Waals surface area contributed by atoms with Crippen molar-refractivity contribution in [3.05, 3.63) is 53.1 Å². The number of amides is 1. The summed E-state index contributed by atoms with van der Waals surface area (Å²) in [6.07, 6.45) is 2.15. The number of rotatable bonds is 4. The minimum atomic E-state index is 0.0303. The zero-order valence-electron chi connectivity index (χ0n) is 16.0. The van der Waals surface area contributed by atoms with Crippen LogP contribution in [0.15, 0.2) is 36.4 Å². The summed E-state index contributed by atoms with van der Waals surface area (Å²) in [7, 11) is 0. The molecule has 2 aromatic carbocycles. The van der Waals surface area contributed by atoms with Crippen LogP contribution in [0.25, 0.3) is 0 Å². The highest BCUT2D eigenvalue weighted by molar-refractivity contribution is 5.92. The van der Waals surface area contributed by atoms with Gasteiger partial charge in [0.1, 0.15) is 13.2 Å². The fraction of sp³-hybridized carbons (Fsp3) is 0.409. The first-order valence-corrected chi connectivity index (χ1v) is 9.61. The summed E-state index contributed by atoms with van der Waals surface area (Å²) >= 11 is 0. The zero-order valence-corrected chi connectivity index (χ0v) is 16.0. The largest absolute Gasteiger partial charge is 0.486 e. The summed E-state index contributed by atoms with van der Waals surface area (Å²) in [4.78, 5) is 14.8. The standard InChI is InChI=1S/C22H26N2O3/c1-15-5-7-18(12-16(15)2)23-22(25)14-24-9-3-4-19(24)17-6-8-20-21(13-17)27-11-10-26-20/h5-8,12-13,19H,3-4,9-11,14H2,1-2H3,(H,23,25)/t19-/m1/s1. The first-order chi connectivity index (χ1) is 13.1. The second kappa shape index (κ2) is 7.61. The number of hydrogen-bond donors (Lipinski definition) is 1. The number of ether oxygens (including phenoxy) is 2. The molecule has 1 fully saturated rings. The lowest BCUT2D eigenvalue weighted by Crippen LogP contribution is -2.33. The van der Waals surface area contributed by atoms with Crippen LogP contribution in [0.2, 0.25) is 0 Å². The number of anilines is 1. The maximum atomic E-state index is 12.6. The molecule has 0 saturated carbocycles. The summed E-state index contributed by atoms with van der Waals surface area (Å²) in [5.74, 6) is 1.65. The van der Waals surface area contributed by atoms with Gasteiger partial charge in [0.25, 0.3) is 0 Å². The Hall–Kier alpha value is -2.53. The summed E-state index contributed by atoms with van der Waals surface area (Å²) in [6.45, 7) is 6.64. The average molecular weight is 366 g/mol. The van der Waals surface area contributed by atoms with Crippen LogP contribution < -0.4 is 14.8 Å². The normalized spacial score (nSPS) is 19.1. The second-order valence-electron chi connectivity index (χ2n) is 7.38. The number of likely N-dealkylation sites (tertiary alicyclic amines) is 1. The van der Waals surface area contributed by atoms with E-state index in [0.29, 0.717) is 19.8 Å². The number of carbonyl (C=O) groups excluding carboxylic acids is 1. The molecular weight excluding hydrogens is 340 g/mol. The quantitative estimate of drug-likeness (QED) is 0.893. The number of nitrogens with one attached hydrogen (secondary N) is 1. The molecule has 0 radical (unpaired) electrons. The van der Waals surface area contributed by atoms with E-state index in [1.165, 1.54) is 16.7 Å². The van der Waals surface area contributed by atoms with Gasteiger partial charge in [-0.1, -0.05) is 12.1 Å². The molecule has 2 aromatic rings. The summed E-state index contributed by atoms with van der Waals surface area (Å²) in [6, 6.07) is 12.4. The first-order valence-electron chi connectivity index (χ1n) is 9.61. The number of hydrogen-bond acceptors (Lipinski definition) is 4. The number of aryl methyl sites for hydroxylation is 2. The topological polar surface area (TPSA) is 50.8 Å². The number of nitrogens with zero attached hydrogens (tertiary/aromatic N) is 1.